The van der Waals surface area contributed by atoms with E-state index in [2.05, 4.69) is 20.3 Å². The Balaban J connectivity index is 1.56. The molecule has 0 unspecified atom stereocenters. The molecule has 3 heterocycles. The van der Waals surface area contributed by atoms with Crippen LogP contribution >= 0.6 is 0 Å². The maximum absolute atomic E-state index is 12.2. The van der Waals surface area contributed by atoms with Gasteiger partial charge >= 0.3 is 0 Å². The normalized spacial score (nSPS) is 20.5. The van der Waals surface area contributed by atoms with Crippen molar-refractivity contribution in [3.05, 3.63) is 41.9 Å². The molecular formula is C18H25N5O2. The van der Waals surface area contributed by atoms with Crippen molar-refractivity contribution in [3.8, 4) is 0 Å². The van der Waals surface area contributed by atoms with Crippen molar-refractivity contribution in [1.29, 1.82) is 0 Å². The Hall–Kier alpha value is -2.41. The summed E-state index contributed by atoms with van der Waals surface area (Å²) in [4.78, 5) is 18.6. The average molecular weight is 343 g/mol. The highest BCUT2D eigenvalue weighted by Gasteiger charge is 2.34. The number of rotatable bonds is 5. The van der Waals surface area contributed by atoms with Gasteiger partial charge in [-0.2, -0.15) is 5.10 Å². The molecule has 1 atom stereocenters. The third-order valence-electron chi connectivity index (χ3n) is 4.54. The van der Waals surface area contributed by atoms with E-state index in [-0.39, 0.29) is 19.0 Å². The van der Waals surface area contributed by atoms with Crippen LogP contribution in [0.4, 0.5) is 5.82 Å². The van der Waals surface area contributed by atoms with Crippen LogP contribution in [-0.2, 0) is 11.3 Å². The Morgan fingerprint density at radius 3 is 2.92 bits per heavy atom. The Bertz CT molecular complexity index is 730. The number of aryl methyl sites for hydroxylation is 2. The van der Waals surface area contributed by atoms with Gasteiger partial charge in [-0.15, -0.1) is 0 Å². The number of aliphatic hydroxyl groups is 1. The topological polar surface area (TPSA) is 83.3 Å². The molecule has 0 aromatic carbocycles. The van der Waals surface area contributed by atoms with E-state index in [0.717, 1.165) is 30.2 Å². The number of hydrogen-bond acceptors (Lipinski definition) is 5. The molecule has 1 amide bonds. The van der Waals surface area contributed by atoms with Gasteiger partial charge in [0.1, 0.15) is 12.4 Å². The molecule has 1 saturated heterocycles. The molecule has 0 saturated carbocycles. The van der Waals surface area contributed by atoms with E-state index in [1.54, 1.807) is 10.9 Å². The van der Waals surface area contributed by atoms with Gasteiger partial charge in [0.05, 0.1) is 11.3 Å². The largest absolute Gasteiger partial charge is 0.386 e. The van der Waals surface area contributed by atoms with Gasteiger partial charge in [0.2, 0.25) is 5.91 Å². The van der Waals surface area contributed by atoms with Crippen molar-refractivity contribution < 1.29 is 9.90 Å². The van der Waals surface area contributed by atoms with Crippen molar-refractivity contribution in [2.45, 2.75) is 38.8 Å². The van der Waals surface area contributed by atoms with E-state index < -0.39 is 5.60 Å². The molecule has 0 bridgehead atoms. The molecule has 134 valence electrons. The van der Waals surface area contributed by atoms with Crippen molar-refractivity contribution >= 4 is 11.7 Å². The quantitative estimate of drug-likeness (QED) is 0.848. The summed E-state index contributed by atoms with van der Waals surface area (Å²) in [6, 6.07) is 7.69. The van der Waals surface area contributed by atoms with Crippen molar-refractivity contribution in [2.75, 3.05) is 24.5 Å². The van der Waals surface area contributed by atoms with E-state index in [1.165, 1.54) is 0 Å². The minimum absolute atomic E-state index is 0.144. The van der Waals surface area contributed by atoms with Gasteiger partial charge in [-0.3, -0.25) is 9.48 Å². The first-order chi connectivity index (χ1) is 12.0. The fourth-order valence-electron chi connectivity index (χ4n) is 3.28. The van der Waals surface area contributed by atoms with Gasteiger partial charge in [0.25, 0.3) is 0 Å². The zero-order valence-electron chi connectivity index (χ0n) is 14.8. The first-order valence-electron chi connectivity index (χ1n) is 8.61. The van der Waals surface area contributed by atoms with Crippen LogP contribution < -0.4 is 10.2 Å². The molecule has 2 aromatic rings. The van der Waals surface area contributed by atoms with Crippen LogP contribution in [0.15, 0.2) is 30.5 Å². The Morgan fingerprint density at radius 1 is 1.40 bits per heavy atom. The molecule has 0 radical (unpaired) electrons. The second-order valence-electron chi connectivity index (χ2n) is 6.80. The lowest BCUT2D eigenvalue weighted by molar-refractivity contribution is -0.123. The Morgan fingerprint density at radius 2 is 2.24 bits per heavy atom. The van der Waals surface area contributed by atoms with Crippen LogP contribution in [0.2, 0.25) is 0 Å². The summed E-state index contributed by atoms with van der Waals surface area (Å²) in [5.74, 6) is 0.712. The minimum atomic E-state index is -0.944. The number of carbonyl (C=O) groups is 1. The van der Waals surface area contributed by atoms with Gasteiger partial charge < -0.3 is 15.3 Å². The molecule has 0 spiro atoms. The third kappa shape index (κ3) is 4.36. The lowest BCUT2D eigenvalue weighted by Crippen LogP contribution is -2.54. The molecular weight excluding hydrogens is 318 g/mol. The van der Waals surface area contributed by atoms with Gasteiger partial charge in [-0.25, -0.2) is 4.98 Å². The summed E-state index contributed by atoms with van der Waals surface area (Å²) < 4.78 is 1.68. The van der Waals surface area contributed by atoms with Gasteiger partial charge in [0, 0.05) is 31.5 Å². The van der Waals surface area contributed by atoms with Gasteiger partial charge in [-0.1, -0.05) is 6.07 Å². The number of hydrogen-bond donors (Lipinski definition) is 2. The SMILES string of the molecule is Cc1cc(C)n(CC(=O)NC[C@]2(O)CCCN(c3ccccn3)C2)n1. The third-order valence-corrected chi connectivity index (χ3v) is 4.54. The number of piperidine rings is 1. The fraction of sp³-hybridized carbons (Fsp3) is 0.500. The molecule has 2 N–H and O–H groups in total. The first-order valence-corrected chi connectivity index (χ1v) is 8.61. The summed E-state index contributed by atoms with van der Waals surface area (Å²) >= 11 is 0. The van der Waals surface area contributed by atoms with Crippen molar-refractivity contribution in [1.82, 2.24) is 20.1 Å². The maximum Gasteiger partial charge on any atom is 0.241 e. The van der Waals surface area contributed by atoms with Crippen LogP contribution in [0.5, 0.6) is 0 Å². The number of nitrogens with one attached hydrogen (secondary N) is 1. The summed E-state index contributed by atoms with van der Waals surface area (Å²) in [5.41, 5.74) is 0.896. The second-order valence-corrected chi connectivity index (χ2v) is 6.80. The monoisotopic (exact) mass is 343 g/mol. The molecule has 7 heteroatoms. The van der Waals surface area contributed by atoms with E-state index >= 15 is 0 Å². The van der Waals surface area contributed by atoms with Gasteiger partial charge in [0.15, 0.2) is 0 Å². The van der Waals surface area contributed by atoms with Crippen molar-refractivity contribution in [3.63, 3.8) is 0 Å². The molecule has 0 aliphatic carbocycles. The molecule has 7 nitrogen and oxygen atoms in total. The van der Waals surface area contributed by atoms with Crippen LogP contribution in [0.25, 0.3) is 0 Å². The zero-order chi connectivity index (χ0) is 17.9. The Kier molecular flexibility index (Phi) is 5.03. The molecule has 25 heavy (non-hydrogen) atoms. The molecule has 1 fully saturated rings. The van der Waals surface area contributed by atoms with E-state index in [9.17, 15) is 9.90 Å². The predicted molar refractivity (Wildman–Crippen MR) is 95.3 cm³/mol. The van der Waals surface area contributed by atoms with Gasteiger partial charge in [-0.05, 0) is 44.9 Å². The lowest BCUT2D eigenvalue weighted by Gasteiger charge is -2.39. The zero-order valence-corrected chi connectivity index (χ0v) is 14.8. The van der Waals surface area contributed by atoms with Crippen molar-refractivity contribution in [2.24, 2.45) is 0 Å². The van der Waals surface area contributed by atoms with E-state index in [0.29, 0.717) is 13.0 Å². The van der Waals surface area contributed by atoms with Crippen LogP contribution in [-0.4, -0.2) is 51.0 Å². The van der Waals surface area contributed by atoms with Crippen LogP contribution in [0.1, 0.15) is 24.2 Å². The average Bonchev–Trinajstić information content (AvgIpc) is 2.91. The van der Waals surface area contributed by atoms with Crippen LogP contribution in [0, 0.1) is 13.8 Å². The summed E-state index contributed by atoms with van der Waals surface area (Å²) in [6.07, 6.45) is 3.27. The highest BCUT2D eigenvalue weighted by molar-refractivity contribution is 5.75. The second kappa shape index (κ2) is 7.23. The fourth-order valence-corrected chi connectivity index (χ4v) is 3.28. The van der Waals surface area contributed by atoms with Crippen LogP contribution in [0.3, 0.4) is 0 Å². The van der Waals surface area contributed by atoms with E-state index in [1.807, 2.05) is 38.1 Å². The maximum atomic E-state index is 12.2. The molecule has 1 aliphatic heterocycles. The van der Waals surface area contributed by atoms with E-state index in [4.69, 9.17) is 0 Å². The minimum Gasteiger partial charge on any atom is -0.386 e. The summed E-state index contributed by atoms with van der Waals surface area (Å²) in [6.45, 7) is 5.54. The number of aromatic nitrogens is 3. The number of pyridine rings is 1. The molecule has 2 aromatic heterocycles. The number of β-amino-alcohol motifs (C(OH)–C–C–N with tert-alkyl or cyclic N) is 1. The number of nitrogens with zero attached hydrogens (tertiary/aromatic N) is 4. The predicted octanol–water partition coefficient (Wildman–Crippen LogP) is 1.04. The number of amides is 1. The molecule has 1 aliphatic rings. The lowest BCUT2D eigenvalue weighted by atomic mass is 9.92. The standard InChI is InChI=1S/C18H25N5O2/c1-14-10-15(2)23(21-14)11-17(24)20-12-18(25)7-5-9-22(13-18)16-6-3-4-8-19-16/h3-4,6,8,10,25H,5,7,9,11-13H2,1-2H3,(H,20,24)/t18-/m1/s1. The summed E-state index contributed by atoms with van der Waals surface area (Å²) in [7, 11) is 0. The smallest absolute Gasteiger partial charge is 0.241 e. The Labute approximate surface area is 147 Å². The molecule has 3 rings (SSSR count). The summed E-state index contributed by atoms with van der Waals surface area (Å²) in [5, 5.41) is 18.0. The highest BCUT2D eigenvalue weighted by atomic mass is 16.3. The number of anilines is 1. The highest BCUT2D eigenvalue weighted by Crippen LogP contribution is 2.24. The first kappa shape index (κ1) is 17.4. The number of carbonyl (C=O) groups excluding carboxylic acids is 1.